The van der Waals surface area contributed by atoms with Crippen LogP contribution in [0.3, 0.4) is 0 Å². The first-order valence-corrected chi connectivity index (χ1v) is 5.63. The molecule has 0 bridgehead atoms. The molecule has 0 aliphatic rings. The van der Waals surface area contributed by atoms with Crippen LogP contribution in [0.2, 0.25) is 0 Å². The number of guanidine groups is 1. The molecule has 4 nitrogen and oxygen atoms in total. The lowest BCUT2D eigenvalue weighted by Gasteiger charge is -2.21. The number of methoxy groups -OCH3 is 1. The molecule has 0 rings (SSSR count). The van der Waals surface area contributed by atoms with Gasteiger partial charge in [0.05, 0.1) is 12.1 Å². The van der Waals surface area contributed by atoms with Crippen LogP contribution in [0.25, 0.3) is 0 Å². The van der Waals surface area contributed by atoms with Crippen LogP contribution in [-0.2, 0) is 4.74 Å². The average Bonchev–Trinajstić information content (AvgIpc) is 2.22. The molecule has 0 aromatic rings. The second-order valence-electron chi connectivity index (χ2n) is 4.09. The Morgan fingerprint density at radius 2 is 1.93 bits per heavy atom. The number of hydrogen-bond donors (Lipinski definition) is 2. The summed E-state index contributed by atoms with van der Waals surface area (Å²) in [6.07, 6.45) is 1.10. The summed E-state index contributed by atoms with van der Waals surface area (Å²) in [6, 6.07) is 0. The van der Waals surface area contributed by atoms with Gasteiger partial charge in [-0.3, -0.25) is 4.99 Å². The summed E-state index contributed by atoms with van der Waals surface area (Å²) in [6.45, 7) is 10.7. The minimum absolute atomic E-state index is 0.200. The molecule has 0 heterocycles. The fraction of sp³-hybridized carbons (Fsp3) is 0.909. The minimum atomic E-state index is -0.200. The zero-order valence-corrected chi connectivity index (χ0v) is 10.7. The zero-order chi connectivity index (χ0) is 11.7. The highest BCUT2D eigenvalue weighted by molar-refractivity contribution is 5.79. The van der Waals surface area contributed by atoms with E-state index in [2.05, 4.69) is 29.5 Å². The fourth-order valence-electron chi connectivity index (χ4n) is 0.919. The Balaban J connectivity index is 4.15. The van der Waals surface area contributed by atoms with Crippen LogP contribution >= 0.6 is 0 Å². The Kier molecular flexibility index (Phi) is 7.13. The largest absolute Gasteiger partial charge is 0.377 e. The summed E-state index contributed by atoms with van der Waals surface area (Å²) in [5, 5.41) is 6.45. The maximum Gasteiger partial charge on any atom is 0.191 e. The van der Waals surface area contributed by atoms with E-state index in [1.807, 2.05) is 13.8 Å². The summed E-state index contributed by atoms with van der Waals surface area (Å²) in [5.74, 6) is 0.865. The molecule has 4 heteroatoms. The van der Waals surface area contributed by atoms with Crippen LogP contribution in [0.1, 0.15) is 34.1 Å². The zero-order valence-electron chi connectivity index (χ0n) is 10.7. The van der Waals surface area contributed by atoms with Gasteiger partial charge >= 0.3 is 0 Å². The molecule has 0 saturated carbocycles. The first-order chi connectivity index (χ1) is 7.05. The monoisotopic (exact) mass is 215 g/mol. The minimum Gasteiger partial charge on any atom is -0.377 e. The molecule has 15 heavy (non-hydrogen) atoms. The topological polar surface area (TPSA) is 45.7 Å². The molecule has 0 saturated heterocycles. The Morgan fingerprint density at radius 3 is 2.40 bits per heavy atom. The molecule has 0 aliphatic carbocycles. The van der Waals surface area contributed by atoms with Crippen molar-refractivity contribution in [2.75, 3.05) is 26.7 Å². The highest BCUT2D eigenvalue weighted by Crippen LogP contribution is 2.06. The van der Waals surface area contributed by atoms with E-state index in [-0.39, 0.29) is 5.60 Å². The molecule has 0 atom stereocenters. The van der Waals surface area contributed by atoms with Gasteiger partial charge in [0.1, 0.15) is 0 Å². The van der Waals surface area contributed by atoms with E-state index in [1.165, 1.54) is 0 Å². The molecule has 0 fully saturated rings. The SMILES string of the molecule is CCCNC(=NCC(C)(C)OC)NCC. The molecule has 0 aliphatic heterocycles. The van der Waals surface area contributed by atoms with Gasteiger partial charge in [-0.25, -0.2) is 0 Å². The molecule has 0 unspecified atom stereocenters. The first-order valence-electron chi connectivity index (χ1n) is 5.63. The highest BCUT2D eigenvalue weighted by atomic mass is 16.5. The highest BCUT2D eigenvalue weighted by Gasteiger charge is 2.15. The van der Waals surface area contributed by atoms with Crippen molar-refractivity contribution in [1.82, 2.24) is 10.6 Å². The van der Waals surface area contributed by atoms with Gasteiger partial charge in [0.2, 0.25) is 0 Å². The van der Waals surface area contributed by atoms with Crippen molar-refractivity contribution in [2.45, 2.75) is 39.7 Å². The van der Waals surface area contributed by atoms with E-state index in [9.17, 15) is 0 Å². The molecule has 0 amide bonds. The summed E-state index contributed by atoms with van der Waals surface area (Å²) in [4.78, 5) is 4.46. The van der Waals surface area contributed by atoms with Crippen molar-refractivity contribution in [2.24, 2.45) is 4.99 Å². The van der Waals surface area contributed by atoms with Crippen LogP contribution in [0, 0.1) is 0 Å². The molecule has 0 aromatic heterocycles. The number of nitrogens with one attached hydrogen (secondary N) is 2. The second-order valence-corrected chi connectivity index (χ2v) is 4.09. The predicted octanol–water partition coefficient (Wildman–Crippen LogP) is 1.38. The van der Waals surface area contributed by atoms with Gasteiger partial charge in [0.15, 0.2) is 5.96 Å². The molecule has 0 radical (unpaired) electrons. The molecule has 0 aromatic carbocycles. The van der Waals surface area contributed by atoms with E-state index in [0.717, 1.165) is 25.5 Å². The summed E-state index contributed by atoms with van der Waals surface area (Å²) >= 11 is 0. The van der Waals surface area contributed by atoms with E-state index >= 15 is 0 Å². The number of nitrogens with zero attached hydrogens (tertiary/aromatic N) is 1. The van der Waals surface area contributed by atoms with E-state index < -0.39 is 0 Å². The van der Waals surface area contributed by atoms with Crippen molar-refractivity contribution in [3.05, 3.63) is 0 Å². The maximum absolute atomic E-state index is 5.31. The normalized spacial score (nSPS) is 12.7. The predicted molar refractivity (Wildman–Crippen MR) is 65.4 cm³/mol. The number of ether oxygens (including phenoxy) is 1. The number of hydrogen-bond acceptors (Lipinski definition) is 2. The molecule has 0 spiro atoms. The Bertz CT molecular complexity index is 190. The van der Waals surface area contributed by atoms with Gasteiger partial charge in [0, 0.05) is 20.2 Å². The molecule has 2 N–H and O–H groups in total. The van der Waals surface area contributed by atoms with Gasteiger partial charge in [0.25, 0.3) is 0 Å². The van der Waals surface area contributed by atoms with Gasteiger partial charge in [-0.05, 0) is 27.2 Å². The Hall–Kier alpha value is -0.770. The lowest BCUT2D eigenvalue weighted by molar-refractivity contribution is 0.0310. The van der Waals surface area contributed by atoms with Crippen molar-refractivity contribution in [1.29, 1.82) is 0 Å². The van der Waals surface area contributed by atoms with Crippen LogP contribution < -0.4 is 10.6 Å². The van der Waals surface area contributed by atoms with Crippen molar-refractivity contribution >= 4 is 5.96 Å². The van der Waals surface area contributed by atoms with Crippen LogP contribution in [0.15, 0.2) is 4.99 Å². The number of aliphatic imine (C=N–C) groups is 1. The van der Waals surface area contributed by atoms with Crippen molar-refractivity contribution < 1.29 is 4.74 Å². The molecular formula is C11H25N3O. The maximum atomic E-state index is 5.31. The summed E-state index contributed by atoms with van der Waals surface area (Å²) in [7, 11) is 1.71. The Morgan fingerprint density at radius 1 is 1.27 bits per heavy atom. The van der Waals surface area contributed by atoms with Gasteiger partial charge in [-0.15, -0.1) is 0 Å². The van der Waals surface area contributed by atoms with Gasteiger partial charge < -0.3 is 15.4 Å². The quantitative estimate of drug-likeness (QED) is 0.520. The third-order valence-electron chi connectivity index (χ3n) is 2.06. The van der Waals surface area contributed by atoms with Gasteiger partial charge in [-0.2, -0.15) is 0 Å². The Labute approximate surface area is 93.5 Å². The third kappa shape index (κ3) is 7.19. The van der Waals surface area contributed by atoms with Gasteiger partial charge in [-0.1, -0.05) is 6.92 Å². The van der Waals surface area contributed by atoms with Crippen molar-refractivity contribution in [3.8, 4) is 0 Å². The smallest absolute Gasteiger partial charge is 0.191 e. The van der Waals surface area contributed by atoms with Crippen LogP contribution in [0.4, 0.5) is 0 Å². The number of rotatable bonds is 6. The molecule has 90 valence electrons. The second kappa shape index (κ2) is 7.51. The fourth-order valence-corrected chi connectivity index (χ4v) is 0.919. The van der Waals surface area contributed by atoms with E-state index in [0.29, 0.717) is 6.54 Å². The van der Waals surface area contributed by atoms with E-state index in [4.69, 9.17) is 4.74 Å². The van der Waals surface area contributed by atoms with Crippen LogP contribution in [-0.4, -0.2) is 38.3 Å². The van der Waals surface area contributed by atoms with E-state index in [1.54, 1.807) is 7.11 Å². The standard InChI is InChI=1S/C11H25N3O/c1-6-8-13-10(12-7-2)14-9-11(3,4)15-5/h6-9H2,1-5H3,(H2,12,13,14). The summed E-state index contributed by atoms with van der Waals surface area (Å²) in [5.41, 5.74) is -0.200. The summed E-state index contributed by atoms with van der Waals surface area (Å²) < 4.78 is 5.31. The van der Waals surface area contributed by atoms with Crippen LogP contribution in [0.5, 0.6) is 0 Å². The lowest BCUT2D eigenvalue weighted by Crippen LogP contribution is -2.39. The molecular weight excluding hydrogens is 190 g/mol. The first kappa shape index (κ1) is 14.2. The third-order valence-corrected chi connectivity index (χ3v) is 2.06. The van der Waals surface area contributed by atoms with Crippen molar-refractivity contribution in [3.63, 3.8) is 0 Å². The lowest BCUT2D eigenvalue weighted by atomic mass is 10.1. The average molecular weight is 215 g/mol.